The van der Waals surface area contributed by atoms with E-state index in [2.05, 4.69) is 6.92 Å². The Morgan fingerprint density at radius 2 is 1.03 bits per heavy atom. The average molecular weight is 433 g/mol. The van der Waals surface area contributed by atoms with Crippen molar-refractivity contribution in [3.05, 3.63) is 47.5 Å². The molecule has 3 N–H and O–H groups in total. The number of benzene rings is 2. The largest absolute Gasteiger partial charge is 0.508 e. The summed E-state index contributed by atoms with van der Waals surface area (Å²) in [5, 5.41) is 27.3. The highest BCUT2D eigenvalue weighted by molar-refractivity contribution is 7.99. The summed E-state index contributed by atoms with van der Waals surface area (Å²) < 4.78 is 0. The fraction of sp³-hybridized carbons (Fsp3) is 0.538. The van der Waals surface area contributed by atoms with Gasteiger partial charge in [-0.25, -0.2) is 0 Å². The average Bonchev–Trinajstić information content (AvgIpc) is 2.71. The van der Waals surface area contributed by atoms with Crippen molar-refractivity contribution in [1.82, 2.24) is 0 Å². The zero-order valence-electron chi connectivity index (χ0n) is 19.0. The molecule has 3 nitrogen and oxygen atoms in total. The lowest BCUT2D eigenvalue weighted by atomic mass is 10.1. The van der Waals surface area contributed by atoms with Crippen LogP contribution in [0.4, 0.5) is 0 Å². The van der Waals surface area contributed by atoms with Crippen molar-refractivity contribution in [2.75, 3.05) is 6.61 Å². The molecule has 0 aliphatic heterocycles. The minimum atomic E-state index is 0.286. The van der Waals surface area contributed by atoms with Crippen LogP contribution in [-0.4, -0.2) is 21.9 Å². The van der Waals surface area contributed by atoms with Crippen molar-refractivity contribution in [2.24, 2.45) is 0 Å². The van der Waals surface area contributed by atoms with Gasteiger partial charge in [0.1, 0.15) is 11.5 Å². The Bertz CT molecular complexity index is 656. The first-order valence-corrected chi connectivity index (χ1v) is 12.2. The van der Waals surface area contributed by atoms with Crippen LogP contribution in [0.25, 0.3) is 0 Å². The quantitative estimate of drug-likeness (QED) is 0.300. The van der Waals surface area contributed by atoms with E-state index in [0.717, 1.165) is 27.3 Å². The molecule has 0 fully saturated rings. The molecule has 0 saturated heterocycles. The summed E-state index contributed by atoms with van der Waals surface area (Å²) in [7, 11) is 0. The number of hydrogen-bond acceptors (Lipinski definition) is 4. The first-order chi connectivity index (χ1) is 14.5. The molecule has 0 amide bonds. The summed E-state index contributed by atoms with van der Waals surface area (Å²) in [5.74, 6) is 0.573. The van der Waals surface area contributed by atoms with E-state index in [4.69, 9.17) is 5.11 Å². The van der Waals surface area contributed by atoms with Gasteiger partial charge >= 0.3 is 0 Å². The fourth-order valence-electron chi connectivity index (χ4n) is 3.21. The minimum Gasteiger partial charge on any atom is -0.508 e. The van der Waals surface area contributed by atoms with Crippen LogP contribution in [-0.2, 0) is 0 Å². The van der Waals surface area contributed by atoms with Crippen LogP contribution in [0.3, 0.4) is 0 Å². The maximum atomic E-state index is 9.35. The third-order valence-corrected chi connectivity index (χ3v) is 6.40. The lowest BCUT2D eigenvalue weighted by molar-refractivity contribution is 0.282. The van der Waals surface area contributed by atoms with Crippen LogP contribution in [0, 0.1) is 13.8 Å². The summed E-state index contributed by atoms with van der Waals surface area (Å²) in [5.41, 5.74) is 2.09. The predicted molar refractivity (Wildman–Crippen MR) is 129 cm³/mol. The Morgan fingerprint density at radius 1 is 0.633 bits per heavy atom. The Balaban J connectivity index is 0.000000314. The van der Waals surface area contributed by atoms with Gasteiger partial charge in [0.05, 0.1) is 0 Å². The standard InChI is InChI=1S/C14H14O2S.C12H26O/c1-9-7-11(15)3-5-13(9)17-14-6-4-12(16)8-10(14)2;1-2-3-4-5-6-7-8-9-10-11-12-13/h3-8,15-16H,1-2H3;13H,2-12H2,1H3. The van der Waals surface area contributed by atoms with E-state index in [-0.39, 0.29) is 11.5 Å². The number of phenols is 2. The Hall–Kier alpha value is -1.65. The van der Waals surface area contributed by atoms with Crippen molar-refractivity contribution in [3.63, 3.8) is 0 Å². The normalized spacial score (nSPS) is 10.5. The second kappa shape index (κ2) is 16.1. The van der Waals surface area contributed by atoms with Crippen molar-refractivity contribution in [2.45, 2.75) is 94.8 Å². The molecule has 0 aliphatic rings. The molecule has 0 aromatic heterocycles. The van der Waals surface area contributed by atoms with Gasteiger partial charge in [-0.15, -0.1) is 0 Å². The first-order valence-electron chi connectivity index (χ1n) is 11.4. The summed E-state index contributed by atoms with van der Waals surface area (Å²) in [6.07, 6.45) is 13.3. The van der Waals surface area contributed by atoms with Crippen molar-refractivity contribution < 1.29 is 15.3 Å². The number of phenolic OH excluding ortho intramolecular Hbond substituents is 2. The molecule has 0 atom stereocenters. The smallest absolute Gasteiger partial charge is 0.115 e. The molecule has 0 spiro atoms. The molecule has 2 rings (SSSR count). The number of aliphatic hydroxyl groups is 1. The van der Waals surface area contributed by atoms with Gasteiger partial charge in [0, 0.05) is 16.4 Å². The van der Waals surface area contributed by atoms with Gasteiger partial charge in [-0.05, 0) is 67.8 Å². The van der Waals surface area contributed by atoms with E-state index in [1.54, 1.807) is 36.0 Å². The van der Waals surface area contributed by atoms with Crippen molar-refractivity contribution in [3.8, 4) is 11.5 Å². The van der Waals surface area contributed by atoms with E-state index < -0.39 is 0 Å². The van der Waals surface area contributed by atoms with E-state index in [9.17, 15) is 10.2 Å². The molecule has 0 saturated carbocycles. The van der Waals surface area contributed by atoms with Gasteiger partial charge in [-0.1, -0.05) is 76.5 Å². The molecule has 4 heteroatoms. The molecule has 0 radical (unpaired) electrons. The van der Waals surface area contributed by atoms with E-state index in [1.807, 2.05) is 26.0 Å². The molecule has 30 heavy (non-hydrogen) atoms. The number of unbranched alkanes of at least 4 members (excludes halogenated alkanes) is 9. The molecular weight excluding hydrogens is 392 g/mol. The number of aliphatic hydroxyl groups excluding tert-OH is 1. The van der Waals surface area contributed by atoms with Gasteiger partial charge in [0.15, 0.2) is 0 Å². The van der Waals surface area contributed by atoms with Crippen LogP contribution >= 0.6 is 11.8 Å². The van der Waals surface area contributed by atoms with Gasteiger partial charge in [0.25, 0.3) is 0 Å². The number of aromatic hydroxyl groups is 2. The maximum absolute atomic E-state index is 9.35. The van der Waals surface area contributed by atoms with Crippen LogP contribution in [0.5, 0.6) is 11.5 Å². The minimum absolute atomic E-state index is 0.286. The highest BCUT2D eigenvalue weighted by atomic mass is 32.2. The van der Waals surface area contributed by atoms with Crippen molar-refractivity contribution in [1.29, 1.82) is 0 Å². The topological polar surface area (TPSA) is 60.7 Å². The molecule has 2 aromatic rings. The third kappa shape index (κ3) is 11.5. The Kier molecular flexibility index (Phi) is 14.2. The van der Waals surface area contributed by atoms with Gasteiger partial charge in [-0.2, -0.15) is 0 Å². The highest BCUT2D eigenvalue weighted by Gasteiger charge is 2.05. The predicted octanol–water partition coefficient (Wildman–Crippen LogP) is 7.77. The molecule has 0 heterocycles. The second-order valence-electron chi connectivity index (χ2n) is 7.91. The second-order valence-corrected chi connectivity index (χ2v) is 8.99. The highest BCUT2D eigenvalue weighted by Crippen LogP contribution is 2.34. The van der Waals surface area contributed by atoms with E-state index >= 15 is 0 Å². The molecule has 0 aliphatic carbocycles. The summed E-state index contributed by atoms with van der Waals surface area (Å²) in [6.45, 7) is 6.57. The molecule has 0 bridgehead atoms. The van der Waals surface area contributed by atoms with Crippen LogP contribution < -0.4 is 0 Å². The van der Waals surface area contributed by atoms with E-state index in [1.165, 1.54) is 57.8 Å². The summed E-state index contributed by atoms with van der Waals surface area (Å²) >= 11 is 1.64. The first kappa shape index (κ1) is 26.4. The van der Waals surface area contributed by atoms with Gasteiger partial charge in [-0.3, -0.25) is 0 Å². The number of aryl methyl sites for hydroxylation is 2. The third-order valence-electron chi connectivity index (χ3n) is 5.05. The lowest BCUT2D eigenvalue weighted by Gasteiger charge is -2.08. The summed E-state index contributed by atoms with van der Waals surface area (Å²) in [4.78, 5) is 2.22. The van der Waals surface area contributed by atoms with Crippen LogP contribution in [0.15, 0.2) is 46.2 Å². The van der Waals surface area contributed by atoms with Crippen LogP contribution in [0.1, 0.15) is 82.3 Å². The fourth-order valence-corrected chi connectivity index (χ4v) is 4.16. The molecule has 2 aromatic carbocycles. The zero-order valence-corrected chi connectivity index (χ0v) is 19.8. The van der Waals surface area contributed by atoms with Crippen molar-refractivity contribution >= 4 is 11.8 Å². The maximum Gasteiger partial charge on any atom is 0.115 e. The molecule has 168 valence electrons. The number of rotatable bonds is 12. The molecule has 0 unspecified atom stereocenters. The monoisotopic (exact) mass is 432 g/mol. The SMILES string of the molecule is CCCCCCCCCCCCO.Cc1cc(O)ccc1Sc1ccc(O)cc1C. The Labute approximate surface area is 187 Å². The van der Waals surface area contributed by atoms with Crippen LogP contribution in [0.2, 0.25) is 0 Å². The summed E-state index contributed by atoms with van der Waals surface area (Å²) in [6, 6.07) is 10.7. The van der Waals surface area contributed by atoms with Gasteiger partial charge < -0.3 is 15.3 Å². The number of hydrogen-bond donors (Lipinski definition) is 3. The lowest BCUT2D eigenvalue weighted by Crippen LogP contribution is -1.84. The van der Waals surface area contributed by atoms with Gasteiger partial charge in [0.2, 0.25) is 0 Å². The zero-order chi connectivity index (χ0) is 22.2. The van der Waals surface area contributed by atoms with E-state index in [0.29, 0.717) is 6.61 Å². The molecular formula is C26H40O3S. The Morgan fingerprint density at radius 3 is 1.40 bits per heavy atom.